The van der Waals surface area contributed by atoms with Crippen molar-refractivity contribution in [3.8, 4) is 0 Å². The van der Waals surface area contributed by atoms with Gasteiger partial charge >= 0.3 is 5.97 Å². The van der Waals surface area contributed by atoms with Crippen molar-refractivity contribution >= 4 is 11.9 Å². The zero-order chi connectivity index (χ0) is 15.3. The quantitative estimate of drug-likeness (QED) is 0.832. The Morgan fingerprint density at radius 1 is 1.20 bits per heavy atom. The number of rotatable bonds is 4. The predicted molar refractivity (Wildman–Crippen MR) is 77.1 cm³/mol. The molecule has 0 aromatic heterocycles. The average molecular weight is 281 g/mol. The molecule has 0 saturated heterocycles. The van der Waals surface area contributed by atoms with E-state index < -0.39 is 17.8 Å². The standard InChI is InChI=1S/C16H27NO3/c1-9(10(2)14(19)20)13(18)17-12-8-11-6-7-16(12,5)15(11,3)4/h9-12H,6-8H2,1-5H3,(H,17,18)(H,19,20). The molecule has 2 fully saturated rings. The Balaban J connectivity index is 2.05. The molecule has 2 aliphatic carbocycles. The summed E-state index contributed by atoms with van der Waals surface area (Å²) >= 11 is 0. The highest BCUT2D eigenvalue weighted by Crippen LogP contribution is 2.65. The molecule has 2 bridgehead atoms. The van der Waals surface area contributed by atoms with Gasteiger partial charge in [0.1, 0.15) is 0 Å². The number of nitrogens with one attached hydrogen (secondary N) is 1. The van der Waals surface area contributed by atoms with Gasteiger partial charge in [0.05, 0.1) is 5.92 Å². The number of carboxylic acid groups (broad SMARTS) is 1. The highest BCUT2D eigenvalue weighted by atomic mass is 16.4. The molecule has 0 spiro atoms. The first-order valence-corrected chi connectivity index (χ1v) is 7.64. The van der Waals surface area contributed by atoms with Crippen LogP contribution in [0.4, 0.5) is 0 Å². The zero-order valence-electron chi connectivity index (χ0n) is 13.2. The fraction of sp³-hybridized carbons (Fsp3) is 0.875. The van der Waals surface area contributed by atoms with Gasteiger partial charge in [-0.3, -0.25) is 9.59 Å². The van der Waals surface area contributed by atoms with E-state index in [9.17, 15) is 9.59 Å². The van der Waals surface area contributed by atoms with Crippen LogP contribution in [0.3, 0.4) is 0 Å². The summed E-state index contributed by atoms with van der Waals surface area (Å²) in [4.78, 5) is 23.3. The molecule has 0 aromatic rings. The van der Waals surface area contributed by atoms with Gasteiger partial charge in [-0.15, -0.1) is 0 Å². The van der Waals surface area contributed by atoms with Crippen LogP contribution in [-0.4, -0.2) is 23.0 Å². The summed E-state index contributed by atoms with van der Waals surface area (Å²) in [6, 6.07) is 0.187. The Morgan fingerprint density at radius 3 is 2.20 bits per heavy atom. The van der Waals surface area contributed by atoms with Crippen molar-refractivity contribution in [2.45, 2.75) is 59.9 Å². The molecule has 0 radical (unpaired) electrons. The Morgan fingerprint density at radius 2 is 1.80 bits per heavy atom. The number of hydrogen-bond acceptors (Lipinski definition) is 2. The van der Waals surface area contributed by atoms with Gasteiger partial charge in [0.15, 0.2) is 0 Å². The molecule has 5 unspecified atom stereocenters. The van der Waals surface area contributed by atoms with E-state index in [0.717, 1.165) is 12.8 Å². The van der Waals surface area contributed by atoms with E-state index in [4.69, 9.17) is 5.11 Å². The monoisotopic (exact) mass is 281 g/mol. The van der Waals surface area contributed by atoms with E-state index in [-0.39, 0.29) is 22.8 Å². The molecular weight excluding hydrogens is 254 g/mol. The second-order valence-corrected chi connectivity index (χ2v) is 7.59. The first-order valence-electron chi connectivity index (χ1n) is 7.64. The van der Waals surface area contributed by atoms with Crippen LogP contribution in [0.15, 0.2) is 0 Å². The maximum Gasteiger partial charge on any atom is 0.307 e. The van der Waals surface area contributed by atoms with Crippen molar-refractivity contribution in [1.82, 2.24) is 5.32 Å². The minimum absolute atomic E-state index is 0.116. The van der Waals surface area contributed by atoms with Gasteiger partial charge in [-0.2, -0.15) is 0 Å². The number of carbonyl (C=O) groups is 2. The van der Waals surface area contributed by atoms with Gasteiger partial charge in [-0.25, -0.2) is 0 Å². The molecule has 2 aliphatic rings. The summed E-state index contributed by atoms with van der Waals surface area (Å²) in [6.45, 7) is 10.2. The van der Waals surface area contributed by atoms with Gasteiger partial charge in [0, 0.05) is 12.0 Å². The van der Waals surface area contributed by atoms with Crippen LogP contribution < -0.4 is 5.32 Å². The second-order valence-electron chi connectivity index (χ2n) is 7.59. The second kappa shape index (κ2) is 4.74. The molecule has 4 heteroatoms. The van der Waals surface area contributed by atoms with Crippen LogP contribution >= 0.6 is 0 Å². The highest BCUT2D eigenvalue weighted by Gasteiger charge is 2.61. The minimum Gasteiger partial charge on any atom is -0.481 e. The zero-order valence-corrected chi connectivity index (χ0v) is 13.2. The fourth-order valence-electron chi connectivity index (χ4n) is 4.17. The highest BCUT2D eigenvalue weighted by molar-refractivity contribution is 5.84. The van der Waals surface area contributed by atoms with Crippen LogP contribution in [0.1, 0.15) is 53.9 Å². The molecule has 2 N–H and O–H groups in total. The van der Waals surface area contributed by atoms with Gasteiger partial charge < -0.3 is 10.4 Å². The largest absolute Gasteiger partial charge is 0.481 e. The summed E-state index contributed by atoms with van der Waals surface area (Å²) in [5.74, 6) is -1.49. The molecule has 114 valence electrons. The van der Waals surface area contributed by atoms with Crippen molar-refractivity contribution in [3.05, 3.63) is 0 Å². The van der Waals surface area contributed by atoms with Crippen molar-refractivity contribution < 1.29 is 14.7 Å². The van der Waals surface area contributed by atoms with Crippen molar-refractivity contribution in [2.24, 2.45) is 28.6 Å². The SMILES string of the molecule is CC(C(=O)O)C(C)C(=O)NC1CC2CCC1(C)C2(C)C. The molecule has 5 atom stereocenters. The molecule has 2 rings (SSSR count). The number of hydrogen-bond donors (Lipinski definition) is 2. The van der Waals surface area contributed by atoms with Gasteiger partial charge in [-0.05, 0) is 36.0 Å². The molecule has 0 heterocycles. The maximum absolute atomic E-state index is 12.3. The first kappa shape index (κ1) is 15.3. The summed E-state index contributed by atoms with van der Waals surface area (Å²) < 4.78 is 0. The third kappa shape index (κ3) is 2.04. The van der Waals surface area contributed by atoms with Crippen LogP contribution in [0.25, 0.3) is 0 Å². The summed E-state index contributed by atoms with van der Waals surface area (Å²) in [7, 11) is 0. The average Bonchev–Trinajstić information content (AvgIpc) is 2.69. The Bertz CT molecular complexity index is 431. The normalized spacial score (nSPS) is 37.5. The van der Waals surface area contributed by atoms with Crippen LogP contribution in [0, 0.1) is 28.6 Å². The number of fused-ring (bicyclic) bond motifs is 2. The van der Waals surface area contributed by atoms with Crippen molar-refractivity contribution in [3.63, 3.8) is 0 Å². The van der Waals surface area contributed by atoms with E-state index in [2.05, 4.69) is 26.1 Å². The van der Waals surface area contributed by atoms with Gasteiger partial charge in [0.2, 0.25) is 5.91 Å². The lowest BCUT2D eigenvalue weighted by molar-refractivity contribution is -0.146. The molecule has 1 amide bonds. The first-order chi connectivity index (χ1) is 9.11. The number of amides is 1. The van der Waals surface area contributed by atoms with Crippen LogP contribution in [0.5, 0.6) is 0 Å². The van der Waals surface area contributed by atoms with E-state index in [0.29, 0.717) is 5.92 Å². The van der Waals surface area contributed by atoms with E-state index in [1.54, 1.807) is 13.8 Å². The summed E-state index contributed by atoms with van der Waals surface area (Å²) in [5, 5.41) is 12.2. The molecule has 20 heavy (non-hydrogen) atoms. The summed E-state index contributed by atoms with van der Waals surface area (Å²) in [6.07, 6.45) is 3.43. The Hall–Kier alpha value is -1.06. The lowest BCUT2D eigenvalue weighted by Gasteiger charge is -2.40. The minimum atomic E-state index is -0.910. The Kier molecular flexibility index (Phi) is 3.64. The van der Waals surface area contributed by atoms with Crippen molar-refractivity contribution in [2.75, 3.05) is 0 Å². The molecule has 4 nitrogen and oxygen atoms in total. The predicted octanol–water partition coefficient (Wildman–Crippen LogP) is 2.67. The molecule has 0 aromatic carbocycles. The third-order valence-corrected chi connectivity index (χ3v) is 6.66. The maximum atomic E-state index is 12.3. The van der Waals surface area contributed by atoms with E-state index in [1.165, 1.54) is 6.42 Å². The molecular formula is C16H27NO3. The van der Waals surface area contributed by atoms with Crippen LogP contribution in [0.2, 0.25) is 0 Å². The number of carboxylic acids is 1. The van der Waals surface area contributed by atoms with E-state index >= 15 is 0 Å². The smallest absolute Gasteiger partial charge is 0.307 e. The van der Waals surface area contributed by atoms with E-state index in [1.807, 2.05) is 0 Å². The van der Waals surface area contributed by atoms with Crippen molar-refractivity contribution in [1.29, 1.82) is 0 Å². The number of aliphatic carboxylic acids is 1. The summed E-state index contributed by atoms with van der Waals surface area (Å²) in [5.41, 5.74) is 0.395. The van der Waals surface area contributed by atoms with Gasteiger partial charge in [0.25, 0.3) is 0 Å². The third-order valence-electron chi connectivity index (χ3n) is 6.66. The molecule has 0 aliphatic heterocycles. The lowest BCUT2D eigenvalue weighted by Crippen LogP contribution is -2.49. The van der Waals surface area contributed by atoms with Crippen LogP contribution in [-0.2, 0) is 9.59 Å². The topological polar surface area (TPSA) is 66.4 Å². The number of carbonyl (C=O) groups excluding carboxylic acids is 1. The lowest BCUT2D eigenvalue weighted by atomic mass is 9.69. The molecule has 2 saturated carbocycles. The van der Waals surface area contributed by atoms with Gasteiger partial charge in [-0.1, -0.05) is 34.6 Å². The Labute approximate surface area is 121 Å². The fourth-order valence-corrected chi connectivity index (χ4v) is 4.17.